The van der Waals surface area contributed by atoms with Crippen LogP contribution >= 0.6 is 0 Å². The molecule has 0 atom stereocenters. The Balaban J connectivity index is 1.34. The van der Waals surface area contributed by atoms with E-state index in [9.17, 15) is 0 Å². The van der Waals surface area contributed by atoms with Gasteiger partial charge in [-0.25, -0.2) is 4.98 Å². The second-order valence-electron chi connectivity index (χ2n) is 12.3. The first kappa shape index (κ1) is 25.3. The Morgan fingerprint density at radius 3 is 1.59 bits per heavy atom. The predicted molar refractivity (Wildman–Crippen MR) is 198 cm³/mol. The van der Waals surface area contributed by atoms with Gasteiger partial charge in [-0.3, -0.25) is 0 Å². The van der Waals surface area contributed by atoms with Gasteiger partial charge in [0.05, 0.1) is 11.2 Å². The SMILES string of the molecule is c1ccc2cc(-c3nc4ccccc4c4c3cc(-c3ccc5c6ccccc6c6ccccc6c5c3)c3ccccc34)ccc2c1. The van der Waals surface area contributed by atoms with Crippen LogP contribution in [0.5, 0.6) is 0 Å². The number of fused-ring (bicyclic) bond motifs is 12. The van der Waals surface area contributed by atoms with E-state index >= 15 is 0 Å². The van der Waals surface area contributed by atoms with Crippen molar-refractivity contribution >= 4 is 75.5 Å². The van der Waals surface area contributed by atoms with Gasteiger partial charge in [0.15, 0.2) is 0 Å². The van der Waals surface area contributed by atoms with Crippen molar-refractivity contribution in [3.8, 4) is 22.4 Å². The van der Waals surface area contributed by atoms with Crippen LogP contribution in [0.3, 0.4) is 0 Å². The van der Waals surface area contributed by atoms with Gasteiger partial charge in [-0.15, -0.1) is 0 Å². The highest BCUT2D eigenvalue weighted by Gasteiger charge is 2.18. The molecule has 0 radical (unpaired) electrons. The highest BCUT2D eigenvalue weighted by Crippen LogP contribution is 2.43. The molecule has 0 saturated heterocycles. The number of hydrogen-bond donors (Lipinski definition) is 0. The molecular formula is C45H27N. The molecule has 0 aliphatic carbocycles. The Bertz CT molecular complexity index is 2830. The summed E-state index contributed by atoms with van der Waals surface area (Å²) in [7, 11) is 0. The number of pyridine rings is 1. The summed E-state index contributed by atoms with van der Waals surface area (Å²) in [6, 6.07) is 59.8. The third-order valence-electron chi connectivity index (χ3n) is 9.78. The zero-order valence-corrected chi connectivity index (χ0v) is 25.0. The first-order valence-corrected chi connectivity index (χ1v) is 15.9. The largest absolute Gasteiger partial charge is 0.247 e. The van der Waals surface area contributed by atoms with E-state index in [1.54, 1.807) is 0 Å². The van der Waals surface area contributed by atoms with E-state index in [-0.39, 0.29) is 0 Å². The Labute approximate surface area is 266 Å². The van der Waals surface area contributed by atoms with E-state index in [1.807, 2.05) is 0 Å². The molecule has 10 rings (SSSR count). The molecular weight excluding hydrogens is 555 g/mol. The summed E-state index contributed by atoms with van der Waals surface area (Å²) < 4.78 is 0. The normalized spacial score (nSPS) is 11.9. The number of aromatic nitrogens is 1. The van der Waals surface area contributed by atoms with Crippen molar-refractivity contribution in [3.05, 3.63) is 164 Å². The lowest BCUT2D eigenvalue weighted by molar-refractivity contribution is 1.43. The summed E-state index contributed by atoms with van der Waals surface area (Å²) in [6.07, 6.45) is 0. The molecule has 0 saturated carbocycles. The van der Waals surface area contributed by atoms with Gasteiger partial charge >= 0.3 is 0 Å². The van der Waals surface area contributed by atoms with E-state index < -0.39 is 0 Å². The van der Waals surface area contributed by atoms with Gasteiger partial charge in [0.25, 0.3) is 0 Å². The van der Waals surface area contributed by atoms with Crippen molar-refractivity contribution < 1.29 is 0 Å². The predicted octanol–water partition coefficient (Wildman–Crippen LogP) is 12.5. The van der Waals surface area contributed by atoms with Crippen LogP contribution in [-0.4, -0.2) is 4.98 Å². The number of benzene rings is 9. The van der Waals surface area contributed by atoms with Crippen LogP contribution in [-0.2, 0) is 0 Å². The molecule has 0 aliphatic heterocycles. The zero-order valence-electron chi connectivity index (χ0n) is 25.0. The molecule has 10 aromatic rings. The molecule has 0 amide bonds. The summed E-state index contributed by atoms with van der Waals surface area (Å²) in [4.78, 5) is 5.35. The average Bonchev–Trinajstić information content (AvgIpc) is 3.13. The minimum absolute atomic E-state index is 1.01. The van der Waals surface area contributed by atoms with Crippen LogP contribution in [0.1, 0.15) is 0 Å². The first-order valence-electron chi connectivity index (χ1n) is 15.9. The molecule has 0 bridgehead atoms. The summed E-state index contributed by atoms with van der Waals surface area (Å²) >= 11 is 0. The van der Waals surface area contributed by atoms with Gasteiger partial charge in [-0.2, -0.15) is 0 Å². The fourth-order valence-corrected chi connectivity index (χ4v) is 7.69. The fourth-order valence-electron chi connectivity index (χ4n) is 7.69. The molecule has 0 unspecified atom stereocenters. The Hall–Kier alpha value is -6.05. The van der Waals surface area contributed by atoms with Crippen molar-refractivity contribution in [1.82, 2.24) is 4.98 Å². The Morgan fingerprint density at radius 1 is 0.304 bits per heavy atom. The van der Waals surface area contributed by atoms with E-state index in [0.29, 0.717) is 0 Å². The maximum Gasteiger partial charge on any atom is 0.0788 e. The minimum Gasteiger partial charge on any atom is -0.247 e. The van der Waals surface area contributed by atoms with E-state index in [0.717, 1.165) is 16.8 Å². The minimum atomic E-state index is 1.01. The molecule has 46 heavy (non-hydrogen) atoms. The monoisotopic (exact) mass is 581 g/mol. The Kier molecular flexibility index (Phi) is 5.35. The van der Waals surface area contributed by atoms with E-state index in [2.05, 4.69) is 164 Å². The molecule has 0 fully saturated rings. The van der Waals surface area contributed by atoms with Gasteiger partial charge < -0.3 is 0 Å². The van der Waals surface area contributed by atoms with Crippen molar-refractivity contribution in [1.29, 1.82) is 0 Å². The van der Waals surface area contributed by atoms with Crippen LogP contribution in [0.4, 0.5) is 0 Å². The first-order chi connectivity index (χ1) is 22.8. The van der Waals surface area contributed by atoms with Gasteiger partial charge in [-0.1, -0.05) is 140 Å². The second-order valence-corrected chi connectivity index (χ2v) is 12.3. The lowest BCUT2D eigenvalue weighted by atomic mass is 9.88. The number of nitrogens with zero attached hydrogens (tertiary/aromatic N) is 1. The molecule has 1 nitrogen and oxygen atoms in total. The second kappa shape index (κ2) is 9.72. The summed E-state index contributed by atoms with van der Waals surface area (Å²) in [6.45, 7) is 0. The highest BCUT2D eigenvalue weighted by atomic mass is 14.7. The molecule has 1 heteroatoms. The number of rotatable bonds is 2. The lowest BCUT2D eigenvalue weighted by Crippen LogP contribution is -1.93. The number of hydrogen-bond acceptors (Lipinski definition) is 1. The van der Waals surface area contributed by atoms with Crippen LogP contribution in [0, 0.1) is 0 Å². The van der Waals surface area contributed by atoms with Crippen LogP contribution in [0.15, 0.2) is 164 Å². The van der Waals surface area contributed by atoms with Crippen molar-refractivity contribution in [2.45, 2.75) is 0 Å². The van der Waals surface area contributed by atoms with Crippen LogP contribution in [0.25, 0.3) is 97.9 Å². The molecule has 1 heterocycles. The third kappa shape index (κ3) is 3.66. The van der Waals surface area contributed by atoms with E-state index in [1.165, 1.54) is 81.1 Å². The van der Waals surface area contributed by atoms with Crippen molar-refractivity contribution in [2.75, 3.05) is 0 Å². The van der Waals surface area contributed by atoms with Gasteiger partial charge in [0.1, 0.15) is 0 Å². The van der Waals surface area contributed by atoms with Crippen LogP contribution < -0.4 is 0 Å². The molecule has 9 aromatic carbocycles. The topological polar surface area (TPSA) is 12.9 Å². The molecule has 1 aromatic heterocycles. The quantitative estimate of drug-likeness (QED) is 0.185. The lowest BCUT2D eigenvalue weighted by Gasteiger charge is -2.17. The third-order valence-corrected chi connectivity index (χ3v) is 9.78. The Morgan fingerprint density at radius 2 is 0.848 bits per heavy atom. The van der Waals surface area contributed by atoms with Gasteiger partial charge in [-0.05, 0) is 89.3 Å². The molecule has 0 N–H and O–H groups in total. The fraction of sp³-hybridized carbons (Fsp3) is 0. The molecule has 0 aliphatic rings. The summed E-state index contributed by atoms with van der Waals surface area (Å²) in [5, 5.41) is 16.3. The highest BCUT2D eigenvalue weighted by molar-refractivity contribution is 6.28. The zero-order chi connectivity index (χ0) is 30.2. The maximum absolute atomic E-state index is 5.35. The summed E-state index contributed by atoms with van der Waals surface area (Å²) in [5.74, 6) is 0. The van der Waals surface area contributed by atoms with Crippen molar-refractivity contribution in [3.63, 3.8) is 0 Å². The van der Waals surface area contributed by atoms with Gasteiger partial charge in [0.2, 0.25) is 0 Å². The maximum atomic E-state index is 5.35. The van der Waals surface area contributed by atoms with Gasteiger partial charge in [0, 0.05) is 21.7 Å². The molecule has 0 spiro atoms. The molecule has 212 valence electrons. The summed E-state index contributed by atoms with van der Waals surface area (Å²) in [5.41, 5.74) is 5.60. The number of para-hydroxylation sites is 1. The standard InChI is InChI=1S/C45H27N/c1-2-12-29-25-31(22-21-28(29)11-1)45-42-27-40(36-17-7-8-18-38(36)44(42)39-19-9-10-20-43(39)46-45)30-23-24-37-34-15-4-3-13-32(34)33-14-5-6-16-35(33)41(37)26-30/h1-27H. The average molecular weight is 582 g/mol. The van der Waals surface area contributed by atoms with E-state index in [4.69, 9.17) is 4.98 Å². The smallest absolute Gasteiger partial charge is 0.0788 e. The van der Waals surface area contributed by atoms with Crippen molar-refractivity contribution in [2.24, 2.45) is 0 Å². The van der Waals surface area contributed by atoms with Crippen LogP contribution in [0.2, 0.25) is 0 Å².